The van der Waals surface area contributed by atoms with Crippen molar-refractivity contribution < 1.29 is 14.3 Å². The van der Waals surface area contributed by atoms with E-state index in [0.29, 0.717) is 23.7 Å². The van der Waals surface area contributed by atoms with Crippen LogP contribution in [0, 0.1) is 0 Å². The lowest BCUT2D eigenvalue weighted by atomic mass is 10.1. The summed E-state index contributed by atoms with van der Waals surface area (Å²) >= 11 is 1.65. The van der Waals surface area contributed by atoms with Crippen molar-refractivity contribution in [3.63, 3.8) is 0 Å². The van der Waals surface area contributed by atoms with Crippen molar-refractivity contribution in [1.82, 2.24) is 0 Å². The van der Waals surface area contributed by atoms with Crippen LogP contribution in [0.15, 0.2) is 53.4 Å². The van der Waals surface area contributed by atoms with Gasteiger partial charge in [-0.05, 0) is 37.4 Å². The van der Waals surface area contributed by atoms with Gasteiger partial charge >= 0.3 is 0 Å². The normalized spacial score (nSPS) is 10.2. The molecule has 2 aromatic carbocycles. The number of para-hydroxylation sites is 2. The first-order valence-corrected chi connectivity index (χ1v) is 7.99. The summed E-state index contributed by atoms with van der Waals surface area (Å²) in [6, 6.07) is 14.9. The Labute approximate surface area is 129 Å². The van der Waals surface area contributed by atoms with E-state index in [4.69, 9.17) is 9.47 Å². The van der Waals surface area contributed by atoms with Gasteiger partial charge in [-0.2, -0.15) is 0 Å². The van der Waals surface area contributed by atoms with Crippen LogP contribution in [0.25, 0.3) is 0 Å². The van der Waals surface area contributed by atoms with E-state index >= 15 is 0 Å². The van der Waals surface area contributed by atoms with Crippen molar-refractivity contribution >= 4 is 17.5 Å². The van der Waals surface area contributed by atoms with Gasteiger partial charge in [0.2, 0.25) is 0 Å². The molecule has 3 nitrogen and oxygen atoms in total. The summed E-state index contributed by atoms with van der Waals surface area (Å²) in [6.07, 6.45) is 2.00. The first kappa shape index (κ1) is 15.4. The zero-order valence-corrected chi connectivity index (χ0v) is 13.0. The Hall–Kier alpha value is -1.94. The molecule has 0 spiro atoms. The molecular formula is C17H18O3S. The number of carbonyl (C=O) groups is 1. The van der Waals surface area contributed by atoms with Gasteiger partial charge < -0.3 is 9.47 Å². The molecule has 0 aliphatic carbocycles. The highest BCUT2D eigenvalue weighted by atomic mass is 32.2. The summed E-state index contributed by atoms with van der Waals surface area (Å²) < 4.78 is 11.0. The van der Waals surface area contributed by atoms with Gasteiger partial charge in [0.05, 0.1) is 6.61 Å². The van der Waals surface area contributed by atoms with Crippen molar-refractivity contribution in [3.05, 3.63) is 54.1 Å². The molecule has 0 aliphatic rings. The maximum atomic E-state index is 12.1. The molecule has 0 unspecified atom stereocenters. The molecule has 0 amide bonds. The van der Waals surface area contributed by atoms with Gasteiger partial charge in [0.25, 0.3) is 0 Å². The maximum absolute atomic E-state index is 12.1. The van der Waals surface area contributed by atoms with Gasteiger partial charge in [-0.15, -0.1) is 11.8 Å². The van der Waals surface area contributed by atoms with Crippen LogP contribution in [0.3, 0.4) is 0 Å². The first-order valence-electron chi connectivity index (χ1n) is 6.76. The summed E-state index contributed by atoms with van der Waals surface area (Å²) in [4.78, 5) is 13.2. The fourth-order valence-corrected chi connectivity index (χ4v) is 2.26. The molecule has 0 saturated heterocycles. The van der Waals surface area contributed by atoms with Crippen molar-refractivity contribution in [2.75, 3.05) is 19.5 Å². The number of thioether (sulfide) groups is 1. The van der Waals surface area contributed by atoms with Gasteiger partial charge in [0.1, 0.15) is 0 Å². The number of ketones is 1. The topological polar surface area (TPSA) is 35.5 Å². The third-order valence-electron chi connectivity index (χ3n) is 2.92. The number of rotatable bonds is 7. The van der Waals surface area contributed by atoms with Crippen LogP contribution >= 0.6 is 11.8 Å². The Balaban J connectivity index is 2.00. The highest BCUT2D eigenvalue weighted by molar-refractivity contribution is 7.98. The molecule has 21 heavy (non-hydrogen) atoms. The Bertz CT molecular complexity index is 593. The molecule has 0 aromatic heterocycles. The molecule has 0 aliphatic heterocycles. The van der Waals surface area contributed by atoms with E-state index in [0.717, 1.165) is 4.90 Å². The summed E-state index contributed by atoms with van der Waals surface area (Å²) in [5.41, 5.74) is 0.654. The summed E-state index contributed by atoms with van der Waals surface area (Å²) in [5, 5.41) is 0. The zero-order chi connectivity index (χ0) is 15.1. The molecule has 0 radical (unpaired) electrons. The zero-order valence-electron chi connectivity index (χ0n) is 12.2. The SMILES string of the molecule is CCOc1ccccc1OCC(=O)c1ccc(SC)cc1. The highest BCUT2D eigenvalue weighted by Crippen LogP contribution is 2.26. The highest BCUT2D eigenvalue weighted by Gasteiger charge is 2.09. The van der Waals surface area contributed by atoms with Crippen molar-refractivity contribution in [2.24, 2.45) is 0 Å². The van der Waals surface area contributed by atoms with Crippen LogP contribution in [0.1, 0.15) is 17.3 Å². The molecule has 0 saturated carbocycles. The van der Waals surface area contributed by atoms with E-state index in [1.165, 1.54) is 0 Å². The second-order valence-electron chi connectivity index (χ2n) is 4.32. The van der Waals surface area contributed by atoms with E-state index in [-0.39, 0.29) is 12.4 Å². The Morgan fingerprint density at radius 3 is 2.19 bits per heavy atom. The number of Topliss-reactive ketones (excluding diaryl/α,β-unsaturated/α-hetero) is 1. The molecule has 110 valence electrons. The molecule has 0 bridgehead atoms. The number of carbonyl (C=O) groups excluding carboxylic acids is 1. The molecule has 2 aromatic rings. The number of hydrogen-bond acceptors (Lipinski definition) is 4. The average molecular weight is 302 g/mol. The van der Waals surface area contributed by atoms with Gasteiger partial charge in [-0.25, -0.2) is 0 Å². The standard InChI is InChI=1S/C17H18O3S/c1-3-19-16-6-4-5-7-17(16)20-12-15(18)13-8-10-14(21-2)11-9-13/h4-11H,3,12H2,1-2H3. The van der Waals surface area contributed by atoms with Crippen molar-refractivity contribution in [3.8, 4) is 11.5 Å². The lowest BCUT2D eigenvalue weighted by molar-refractivity contribution is 0.0919. The second kappa shape index (κ2) is 7.74. The quantitative estimate of drug-likeness (QED) is 0.570. The van der Waals surface area contributed by atoms with E-state index in [2.05, 4.69) is 0 Å². The second-order valence-corrected chi connectivity index (χ2v) is 5.20. The van der Waals surface area contributed by atoms with Crippen LogP contribution in [0.5, 0.6) is 11.5 Å². The van der Waals surface area contributed by atoms with Crippen LogP contribution in [-0.2, 0) is 0 Å². The van der Waals surface area contributed by atoms with E-state index in [1.54, 1.807) is 17.8 Å². The van der Waals surface area contributed by atoms with E-state index in [9.17, 15) is 4.79 Å². The number of benzene rings is 2. The van der Waals surface area contributed by atoms with Crippen LogP contribution in [0.4, 0.5) is 0 Å². The number of ether oxygens (including phenoxy) is 2. The minimum absolute atomic E-state index is 0.00268. The molecule has 0 N–H and O–H groups in total. The Kier molecular flexibility index (Phi) is 5.69. The fourth-order valence-electron chi connectivity index (χ4n) is 1.85. The summed E-state index contributed by atoms with van der Waals surface area (Å²) in [7, 11) is 0. The average Bonchev–Trinajstić information content (AvgIpc) is 2.54. The van der Waals surface area contributed by atoms with Gasteiger partial charge in [-0.1, -0.05) is 24.3 Å². The first-order chi connectivity index (χ1) is 10.2. The van der Waals surface area contributed by atoms with Crippen LogP contribution in [-0.4, -0.2) is 25.3 Å². The molecule has 0 atom stereocenters. The molecule has 4 heteroatoms. The Morgan fingerprint density at radius 1 is 1.00 bits per heavy atom. The summed E-state index contributed by atoms with van der Waals surface area (Å²) in [6.45, 7) is 2.47. The minimum atomic E-state index is -0.0473. The van der Waals surface area contributed by atoms with Crippen LogP contribution in [0.2, 0.25) is 0 Å². The predicted octanol–water partition coefficient (Wildman–Crippen LogP) is 4.07. The number of hydrogen-bond donors (Lipinski definition) is 0. The largest absolute Gasteiger partial charge is 0.490 e. The van der Waals surface area contributed by atoms with Crippen molar-refractivity contribution in [2.45, 2.75) is 11.8 Å². The summed E-state index contributed by atoms with van der Waals surface area (Å²) in [5.74, 6) is 1.20. The van der Waals surface area contributed by atoms with Gasteiger partial charge in [-0.3, -0.25) is 4.79 Å². The fraction of sp³-hybridized carbons (Fsp3) is 0.235. The van der Waals surface area contributed by atoms with E-state index < -0.39 is 0 Å². The van der Waals surface area contributed by atoms with Gasteiger partial charge in [0, 0.05) is 10.5 Å². The molecule has 2 rings (SSSR count). The van der Waals surface area contributed by atoms with E-state index in [1.807, 2.05) is 55.6 Å². The maximum Gasteiger partial charge on any atom is 0.200 e. The van der Waals surface area contributed by atoms with Crippen LogP contribution < -0.4 is 9.47 Å². The molecule has 0 fully saturated rings. The van der Waals surface area contributed by atoms with Crippen molar-refractivity contribution in [1.29, 1.82) is 0 Å². The Morgan fingerprint density at radius 2 is 1.62 bits per heavy atom. The smallest absolute Gasteiger partial charge is 0.200 e. The third-order valence-corrected chi connectivity index (χ3v) is 3.66. The lowest BCUT2D eigenvalue weighted by Crippen LogP contribution is -2.12. The monoisotopic (exact) mass is 302 g/mol. The predicted molar refractivity (Wildman–Crippen MR) is 85.7 cm³/mol. The lowest BCUT2D eigenvalue weighted by Gasteiger charge is -2.11. The van der Waals surface area contributed by atoms with Gasteiger partial charge in [0.15, 0.2) is 23.9 Å². The molecular weight excluding hydrogens is 284 g/mol. The molecule has 0 heterocycles. The third kappa shape index (κ3) is 4.26. The minimum Gasteiger partial charge on any atom is -0.490 e.